The van der Waals surface area contributed by atoms with Crippen LogP contribution in [0.25, 0.3) is 0 Å². The Morgan fingerprint density at radius 2 is 1.96 bits per heavy atom. The first kappa shape index (κ1) is 20.8. The zero-order chi connectivity index (χ0) is 19.2. The molecule has 8 nitrogen and oxygen atoms in total. The third kappa shape index (κ3) is 5.50. The van der Waals surface area contributed by atoms with Crippen LogP contribution in [0.15, 0.2) is 21.7 Å². The van der Waals surface area contributed by atoms with Gasteiger partial charge in [0.05, 0.1) is 13.1 Å². The number of likely N-dealkylation sites (N-methyl/N-ethyl adjacent to an activating group) is 1. The summed E-state index contributed by atoms with van der Waals surface area (Å²) in [6.07, 6.45) is 0.899. The summed E-state index contributed by atoms with van der Waals surface area (Å²) in [4.78, 5) is 27.8. The standard InChI is InChI=1S/C16H26N4O4S2/c1-3-6-17-14(21)12-19-7-9-20(10-8-19)15(22)13-18(2)26(23,24)16-5-4-11-25-16/h4-5,11H,3,6-10,12-13H2,1-2H3,(H,17,21). The summed E-state index contributed by atoms with van der Waals surface area (Å²) in [6, 6.07) is 3.20. The van der Waals surface area contributed by atoms with Gasteiger partial charge in [0, 0.05) is 39.8 Å². The predicted octanol–water partition coefficient (Wildman–Crippen LogP) is 0.0390. The molecule has 1 aromatic heterocycles. The zero-order valence-corrected chi connectivity index (χ0v) is 16.8. The molecule has 1 aromatic rings. The van der Waals surface area contributed by atoms with Crippen LogP contribution in [0.4, 0.5) is 0 Å². The van der Waals surface area contributed by atoms with Gasteiger partial charge in [-0.25, -0.2) is 8.42 Å². The molecule has 1 saturated heterocycles. The Morgan fingerprint density at radius 3 is 2.54 bits per heavy atom. The monoisotopic (exact) mass is 402 g/mol. The molecule has 146 valence electrons. The molecule has 0 bridgehead atoms. The number of sulfonamides is 1. The van der Waals surface area contributed by atoms with Crippen molar-refractivity contribution < 1.29 is 18.0 Å². The highest BCUT2D eigenvalue weighted by molar-refractivity contribution is 7.91. The maximum atomic E-state index is 12.4. The van der Waals surface area contributed by atoms with Crippen LogP contribution >= 0.6 is 11.3 Å². The van der Waals surface area contributed by atoms with E-state index in [1.54, 1.807) is 16.3 Å². The van der Waals surface area contributed by atoms with Gasteiger partial charge >= 0.3 is 0 Å². The van der Waals surface area contributed by atoms with E-state index >= 15 is 0 Å². The minimum absolute atomic E-state index is 0.00611. The largest absolute Gasteiger partial charge is 0.355 e. The molecule has 0 atom stereocenters. The van der Waals surface area contributed by atoms with Crippen molar-refractivity contribution in [2.75, 3.05) is 52.9 Å². The second-order valence-electron chi connectivity index (χ2n) is 6.20. The average Bonchev–Trinajstić information content (AvgIpc) is 3.16. The first-order valence-corrected chi connectivity index (χ1v) is 10.9. The van der Waals surface area contributed by atoms with Crippen LogP contribution in [0.2, 0.25) is 0 Å². The Balaban J connectivity index is 1.80. The van der Waals surface area contributed by atoms with Gasteiger partial charge < -0.3 is 10.2 Å². The summed E-state index contributed by atoms with van der Waals surface area (Å²) in [7, 11) is -2.21. The molecule has 0 unspecified atom stereocenters. The number of hydrogen-bond acceptors (Lipinski definition) is 6. The molecule has 1 aliphatic rings. The van der Waals surface area contributed by atoms with E-state index in [2.05, 4.69) is 5.32 Å². The van der Waals surface area contributed by atoms with Crippen molar-refractivity contribution >= 4 is 33.2 Å². The molecule has 1 N–H and O–H groups in total. The number of piperazine rings is 1. The number of amides is 2. The fourth-order valence-corrected chi connectivity index (χ4v) is 4.94. The van der Waals surface area contributed by atoms with Crippen LogP contribution in [0.5, 0.6) is 0 Å². The summed E-state index contributed by atoms with van der Waals surface area (Å²) in [5.74, 6) is -0.226. The number of hydrogen-bond donors (Lipinski definition) is 1. The van der Waals surface area contributed by atoms with E-state index in [9.17, 15) is 18.0 Å². The SMILES string of the molecule is CCCNC(=O)CN1CCN(C(=O)CN(C)S(=O)(=O)c2cccs2)CC1. The minimum Gasteiger partial charge on any atom is -0.355 e. The molecule has 0 saturated carbocycles. The average molecular weight is 403 g/mol. The van der Waals surface area contributed by atoms with E-state index in [0.29, 0.717) is 39.3 Å². The number of carbonyl (C=O) groups excluding carboxylic acids is 2. The Morgan fingerprint density at radius 1 is 1.27 bits per heavy atom. The lowest BCUT2D eigenvalue weighted by molar-refractivity contribution is -0.133. The van der Waals surface area contributed by atoms with Crippen LogP contribution < -0.4 is 5.32 Å². The van der Waals surface area contributed by atoms with Crippen LogP contribution in [0, 0.1) is 0 Å². The van der Waals surface area contributed by atoms with Crippen molar-refractivity contribution in [3.05, 3.63) is 17.5 Å². The second-order valence-corrected chi connectivity index (χ2v) is 9.42. The maximum absolute atomic E-state index is 12.4. The quantitative estimate of drug-likeness (QED) is 0.663. The number of nitrogens with zero attached hydrogens (tertiary/aromatic N) is 3. The van der Waals surface area contributed by atoms with E-state index in [4.69, 9.17) is 0 Å². The lowest BCUT2D eigenvalue weighted by Crippen LogP contribution is -2.53. The fourth-order valence-electron chi connectivity index (χ4n) is 2.62. The van der Waals surface area contributed by atoms with Gasteiger partial charge in [0.25, 0.3) is 10.0 Å². The normalized spacial score (nSPS) is 16.0. The maximum Gasteiger partial charge on any atom is 0.252 e. The summed E-state index contributed by atoms with van der Waals surface area (Å²) < 4.78 is 26.1. The smallest absolute Gasteiger partial charge is 0.252 e. The molecule has 0 aromatic carbocycles. The van der Waals surface area contributed by atoms with Crippen molar-refractivity contribution in [3.8, 4) is 0 Å². The summed E-state index contributed by atoms with van der Waals surface area (Å²) >= 11 is 1.13. The third-order valence-corrected chi connectivity index (χ3v) is 7.36. The molecule has 1 fully saturated rings. The molecule has 0 aliphatic carbocycles. The second kappa shape index (κ2) is 9.45. The number of carbonyl (C=O) groups is 2. The molecule has 2 rings (SSSR count). The van der Waals surface area contributed by atoms with E-state index in [-0.39, 0.29) is 22.6 Å². The van der Waals surface area contributed by atoms with Crippen molar-refractivity contribution in [3.63, 3.8) is 0 Å². The van der Waals surface area contributed by atoms with Crippen LogP contribution in [-0.2, 0) is 19.6 Å². The van der Waals surface area contributed by atoms with Gasteiger partial charge in [0.15, 0.2) is 0 Å². The molecule has 1 aliphatic heterocycles. The Hall–Kier alpha value is -1.49. The predicted molar refractivity (Wildman–Crippen MR) is 100 cm³/mol. The van der Waals surface area contributed by atoms with Gasteiger partial charge in [-0.05, 0) is 17.9 Å². The summed E-state index contributed by atoms with van der Waals surface area (Å²) in [6.45, 7) is 5.01. The molecular formula is C16H26N4O4S2. The van der Waals surface area contributed by atoms with Gasteiger partial charge in [-0.2, -0.15) is 4.31 Å². The van der Waals surface area contributed by atoms with Gasteiger partial charge in [0.2, 0.25) is 11.8 Å². The van der Waals surface area contributed by atoms with Gasteiger partial charge in [-0.1, -0.05) is 13.0 Å². The highest BCUT2D eigenvalue weighted by atomic mass is 32.2. The molecule has 0 radical (unpaired) electrons. The molecule has 2 amide bonds. The van der Waals surface area contributed by atoms with Gasteiger partial charge in [0.1, 0.15) is 4.21 Å². The lowest BCUT2D eigenvalue weighted by atomic mass is 10.3. The molecule has 10 heteroatoms. The van der Waals surface area contributed by atoms with Gasteiger partial charge in [-0.15, -0.1) is 11.3 Å². The van der Waals surface area contributed by atoms with E-state index in [1.807, 2.05) is 11.8 Å². The third-order valence-electron chi connectivity index (χ3n) is 4.18. The van der Waals surface area contributed by atoms with E-state index < -0.39 is 10.0 Å². The zero-order valence-electron chi connectivity index (χ0n) is 15.2. The van der Waals surface area contributed by atoms with Gasteiger partial charge in [-0.3, -0.25) is 14.5 Å². The first-order valence-electron chi connectivity index (χ1n) is 8.61. The van der Waals surface area contributed by atoms with Crippen molar-refractivity contribution in [1.29, 1.82) is 0 Å². The highest BCUT2D eigenvalue weighted by Crippen LogP contribution is 2.19. The molecule has 26 heavy (non-hydrogen) atoms. The number of nitrogens with one attached hydrogen (secondary N) is 1. The number of rotatable bonds is 8. The number of thiophene rings is 1. The van der Waals surface area contributed by atoms with Crippen LogP contribution in [0.1, 0.15) is 13.3 Å². The van der Waals surface area contributed by atoms with Crippen LogP contribution in [0.3, 0.4) is 0 Å². The van der Waals surface area contributed by atoms with Crippen LogP contribution in [-0.4, -0.2) is 87.2 Å². The topological polar surface area (TPSA) is 90.0 Å². The van der Waals surface area contributed by atoms with E-state index in [0.717, 1.165) is 22.1 Å². The first-order chi connectivity index (χ1) is 12.3. The van der Waals surface area contributed by atoms with E-state index in [1.165, 1.54) is 13.1 Å². The Labute approximate surface area is 158 Å². The Kier molecular flexibility index (Phi) is 7.56. The Bertz CT molecular complexity index is 698. The van der Waals surface area contributed by atoms with Crippen molar-refractivity contribution in [2.45, 2.75) is 17.6 Å². The van der Waals surface area contributed by atoms with Crippen molar-refractivity contribution in [2.24, 2.45) is 0 Å². The summed E-state index contributed by atoms with van der Waals surface area (Å²) in [5, 5.41) is 4.53. The summed E-state index contributed by atoms with van der Waals surface area (Å²) in [5.41, 5.74) is 0. The fraction of sp³-hybridized carbons (Fsp3) is 0.625. The lowest BCUT2D eigenvalue weighted by Gasteiger charge is -2.35. The minimum atomic E-state index is -3.62. The van der Waals surface area contributed by atoms with Crippen molar-refractivity contribution in [1.82, 2.24) is 19.4 Å². The molecular weight excluding hydrogens is 376 g/mol. The highest BCUT2D eigenvalue weighted by Gasteiger charge is 2.28. The molecule has 2 heterocycles. The molecule has 0 spiro atoms.